The summed E-state index contributed by atoms with van der Waals surface area (Å²) < 4.78 is 25.1. The van der Waals surface area contributed by atoms with Crippen LogP contribution in [0.15, 0.2) is 147 Å². The lowest BCUT2D eigenvalue weighted by Gasteiger charge is -2.46. The van der Waals surface area contributed by atoms with Crippen LogP contribution in [0, 0.1) is 11.8 Å². The highest BCUT2D eigenvalue weighted by Gasteiger charge is 2.54. The molecule has 0 radical (unpaired) electrons. The third-order valence-corrected chi connectivity index (χ3v) is 8.33. The molecule has 0 spiro atoms. The summed E-state index contributed by atoms with van der Waals surface area (Å²) in [5.41, 5.74) is 3.02. The highest BCUT2D eigenvalue weighted by atomic mass is 16.6. The number of esters is 1. The number of aliphatic hydroxyl groups is 1. The molecule has 242 valence electrons. The average molecular weight is 633 g/mol. The molecule has 47 heavy (non-hydrogen) atoms. The fourth-order valence-electron chi connectivity index (χ4n) is 5.90. The van der Waals surface area contributed by atoms with Gasteiger partial charge in [-0.05, 0) is 34.9 Å². The minimum Gasteiger partial charge on any atom is -0.452 e. The molecule has 1 fully saturated rings. The summed E-state index contributed by atoms with van der Waals surface area (Å²) in [6.45, 7) is 8.41. The average Bonchev–Trinajstić information content (AvgIpc) is 3.13. The molecule has 0 aliphatic heterocycles. The van der Waals surface area contributed by atoms with Crippen LogP contribution in [0.1, 0.15) is 27.0 Å². The van der Waals surface area contributed by atoms with Crippen LogP contribution in [0.5, 0.6) is 0 Å². The van der Waals surface area contributed by atoms with E-state index < -0.39 is 54.1 Å². The van der Waals surface area contributed by atoms with E-state index >= 15 is 0 Å². The molecule has 0 amide bonds. The van der Waals surface area contributed by atoms with E-state index in [4.69, 9.17) is 18.9 Å². The van der Waals surface area contributed by atoms with Crippen LogP contribution in [0.4, 0.5) is 0 Å². The number of ketones is 1. The summed E-state index contributed by atoms with van der Waals surface area (Å²) in [7, 11) is 0. The lowest BCUT2D eigenvalue weighted by atomic mass is 9.69. The van der Waals surface area contributed by atoms with Crippen LogP contribution in [0.3, 0.4) is 0 Å². The van der Waals surface area contributed by atoms with Gasteiger partial charge in [-0.15, -0.1) is 6.58 Å². The summed E-state index contributed by atoms with van der Waals surface area (Å²) >= 11 is 0. The molecular weight excluding hydrogens is 592 g/mol. The number of rotatable bonds is 15. The van der Waals surface area contributed by atoms with Gasteiger partial charge in [0, 0.05) is 5.92 Å². The fourth-order valence-corrected chi connectivity index (χ4v) is 5.90. The largest absolute Gasteiger partial charge is 0.452 e. The van der Waals surface area contributed by atoms with Crippen LogP contribution in [0.2, 0.25) is 0 Å². The maximum atomic E-state index is 14.5. The normalized spacial score (nSPS) is 22.1. The second-order valence-electron chi connectivity index (χ2n) is 11.4. The molecule has 7 heteroatoms. The van der Waals surface area contributed by atoms with Crippen molar-refractivity contribution in [2.24, 2.45) is 11.8 Å². The van der Waals surface area contributed by atoms with Gasteiger partial charge in [0.25, 0.3) is 0 Å². The van der Waals surface area contributed by atoms with Crippen molar-refractivity contribution >= 4 is 11.8 Å². The predicted molar refractivity (Wildman–Crippen MR) is 179 cm³/mol. The van der Waals surface area contributed by atoms with Crippen molar-refractivity contribution in [2.75, 3.05) is 0 Å². The molecule has 0 aromatic heterocycles. The summed E-state index contributed by atoms with van der Waals surface area (Å²) in [5, 5.41) is 11.8. The zero-order chi connectivity index (χ0) is 33.0. The quantitative estimate of drug-likeness (QED) is 0.118. The Morgan fingerprint density at radius 1 is 0.681 bits per heavy atom. The van der Waals surface area contributed by atoms with E-state index in [1.54, 1.807) is 36.4 Å². The predicted octanol–water partition coefficient (Wildman–Crippen LogP) is 6.52. The molecule has 7 atom stereocenters. The Morgan fingerprint density at radius 2 is 1.13 bits per heavy atom. The molecular formula is C40H40O7. The van der Waals surface area contributed by atoms with Crippen LogP contribution >= 0.6 is 0 Å². The van der Waals surface area contributed by atoms with Crippen molar-refractivity contribution in [3.05, 3.63) is 169 Å². The summed E-state index contributed by atoms with van der Waals surface area (Å²) in [4.78, 5) is 27.5. The monoisotopic (exact) mass is 632 g/mol. The SMILES string of the molecule is C=C[C@@H]1[C@@H](OCc2ccccc2)[C@H](OCc2ccccc2)[C@@H](OCc2ccccc2)C(=O)[C@H]1[C@H](O)[C@@H](C=C)OC(=O)c1ccccc1. The highest BCUT2D eigenvalue weighted by molar-refractivity contribution is 5.90. The standard InChI is InChI=1S/C40H40O7/c1-3-32-34(35(41)33(4-2)47-40(43)31-23-15-8-16-24-31)36(42)38(45-26-29-19-11-6-12-20-29)39(46-27-30-21-13-7-14-22-30)37(32)44-25-28-17-9-5-10-18-28/h3-24,32-35,37-39,41H,1-2,25-27H2/t32-,33+,34+,35+,37+,38-,39-/m0/s1. The van der Waals surface area contributed by atoms with E-state index in [0.29, 0.717) is 5.56 Å². The van der Waals surface area contributed by atoms with Crippen molar-refractivity contribution in [3.8, 4) is 0 Å². The maximum Gasteiger partial charge on any atom is 0.338 e. The summed E-state index contributed by atoms with van der Waals surface area (Å²) in [6.07, 6.45) is -2.48. The number of carbonyl (C=O) groups is 2. The Bertz CT molecular complexity index is 1580. The van der Waals surface area contributed by atoms with E-state index in [9.17, 15) is 14.7 Å². The maximum absolute atomic E-state index is 14.5. The molecule has 0 saturated heterocycles. The molecule has 4 aromatic rings. The van der Waals surface area contributed by atoms with Gasteiger partial charge in [-0.2, -0.15) is 0 Å². The van der Waals surface area contributed by atoms with Gasteiger partial charge in [0.05, 0.1) is 37.4 Å². The minimum atomic E-state index is -1.48. The van der Waals surface area contributed by atoms with Gasteiger partial charge in [-0.3, -0.25) is 4.79 Å². The molecule has 7 nitrogen and oxygen atoms in total. The first kappa shape index (κ1) is 33.7. The molecule has 1 saturated carbocycles. The van der Waals surface area contributed by atoms with Crippen molar-refractivity contribution in [1.29, 1.82) is 0 Å². The smallest absolute Gasteiger partial charge is 0.338 e. The first-order chi connectivity index (χ1) is 23.0. The Morgan fingerprint density at radius 3 is 1.60 bits per heavy atom. The molecule has 0 bridgehead atoms. The van der Waals surface area contributed by atoms with Gasteiger partial charge in [0.1, 0.15) is 24.4 Å². The number of aliphatic hydroxyl groups excluding tert-OH is 1. The minimum absolute atomic E-state index is 0.128. The van der Waals surface area contributed by atoms with Crippen molar-refractivity contribution in [2.45, 2.75) is 50.3 Å². The third kappa shape index (κ3) is 8.58. The second kappa shape index (κ2) is 16.8. The number of carbonyl (C=O) groups excluding carboxylic acids is 2. The van der Waals surface area contributed by atoms with Gasteiger partial charge >= 0.3 is 5.97 Å². The van der Waals surface area contributed by atoms with Gasteiger partial charge in [0.15, 0.2) is 5.78 Å². The number of hydrogen-bond donors (Lipinski definition) is 1. The van der Waals surface area contributed by atoms with Gasteiger partial charge in [-0.1, -0.05) is 122 Å². The summed E-state index contributed by atoms with van der Waals surface area (Å²) in [6, 6.07) is 37.3. The number of hydrogen-bond acceptors (Lipinski definition) is 7. The Hall–Kier alpha value is -4.66. The Labute approximate surface area is 276 Å². The number of benzene rings is 4. The lowest BCUT2D eigenvalue weighted by Crippen LogP contribution is -2.62. The van der Waals surface area contributed by atoms with Gasteiger partial charge in [-0.25, -0.2) is 4.79 Å². The van der Waals surface area contributed by atoms with Gasteiger partial charge < -0.3 is 24.1 Å². The number of ether oxygens (including phenoxy) is 4. The van der Waals surface area contributed by atoms with E-state index in [2.05, 4.69) is 13.2 Å². The molecule has 4 aromatic carbocycles. The molecule has 0 heterocycles. The third-order valence-electron chi connectivity index (χ3n) is 8.33. The number of Topliss-reactive ketones (excluding diaryl/α,β-unsaturated/α-hetero) is 1. The topological polar surface area (TPSA) is 91.3 Å². The molecule has 0 unspecified atom stereocenters. The highest BCUT2D eigenvalue weighted by Crippen LogP contribution is 2.39. The first-order valence-corrected chi connectivity index (χ1v) is 15.7. The zero-order valence-electron chi connectivity index (χ0n) is 26.2. The van der Waals surface area contributed by atoms with Gasteiger partial charge in [0.2, 0.25) is 0 Å². The van der Waals surface area contributed by atoms with Crippen LogP contribution in [-0.4, -0.2) is 47.4 Å². The Kier molecular flexibility index (Phi) is 12.0. The molecule has 1 aliphatic carbocycles. The van der Waals surface area contributed by atoms with Crippen LogP contribution in [-0.2, 0) is 43.6 Å². The van der Waals surface area contributed by atoms with E-state index in [0.717, 1.165) is 16.7 Å². The zero-order valence-corrected chi connectivity index (χ0v) is 26.2. The van der Waals surface area contributed by atoms with Crippen LogP contribution in [0.25, 0.3) is 0 Å². The molecule has 5 rings (SSSR count). The fraction of sp³-hybridized carbons (Fsp3) is 0.250. The van der Waals surface area contributed by atoms with Crippen LogP contribution < -0.4 is 0 Å². The van der Waals surface area contributed by atoms with Crippen molar-refractivity contribution in [1.82, 2.24) is 0 Å². The van der Waals surface area contributed by atoms with Crippen molar-refractivity contribution in [3.63, 3.8) is 0 Å². The summed E-state index contributed by atoms with van der Waals surface area (Å²) in [5.74, 6) is -2.89. The lowest BCUT2D eigenvalue weighted by molar-refractivity contribution is -0.204. The molecule has 1 aliphatic rings. The Balaban J connectivity index is 1.49. The van der Waals surface area contributed by atoms with Crippen molar-refractivity contribution < 1.29 is 33.6 Å². The van der Waals surface area contributed by atoms with E-state index in [1.165, 1.54) is 6.08 Å². The second-order valence-corrected chi connectivity index (χ2v) is 11.4. The molecule has 1 N–H and O–H groups in total. The first-order valence-electron chi connectivity index (χ1n) is 15.7. The van der Waals surface area contributed by atoms with E-state index in [1.807, 2.05) is 91.0 Å². The van der Waals surface area contributed by atoms with E-state index in [-0.39, 0.29) is 19.8 Å².